The molecule has 0 spiro atoms. The van der Waals surface area contributed by atoms with Crippen LogP contribution in [0.1, 0.15) is 18.4 Å². The molecule has 0 aromatic heterocycles. The van der Waals surface area contributed by atoms with Gasteiger partial charge >= 0.3 is 0 Å². The van der Waals surface area contributed by atoms with Gasteiger partial charge in [0.15, 0.2) is 0 Å². The second-order valence-corrected chi connectivity index (χ2v) is 8.25. The lowest BCUT2D eigenvalue weighted by Crippen LogP contribution is -2.56. The molecule has 0 bridgehead atoms. The standard InChI is InChI=1S/C20H28N4O5S/c1-28-16-4-2-3-14(9-16)12-21-17(25)10-15-11-18(26)23-20(22-15)30-13-19(27)24-5-7-29-8-6-24/h2-4,9,15,20,22H,5-8,10-13H2,1H3,(H,21,25)(H,23,26). The molecule has 0 aliphatic carbocycles. The molecule has 3 N–H and O–H groups in total. The minimum Gasteiger partial charge on any atom is -0.497 e. The van der Waals surface area contributed by atoms with Gasteiger partial charge in [-0.05, 0) is 17.7 Å². The number of hydrogen-bond donors (Lipinski definition) is 3. The number of amides is 3. The summed E-state index contributed by atoms with van der Waals surface area (Å²) in [4.78, 5) is 38.4. The largest absolute Gasteiger partial charge is 0.497 e. The van der Waals surface area contributed by atoms with E-state index in [0.29, 0.717) is 32.8 Å². The zero-order chi connectivity index (χ0) is 21.3. The molecule has 2 aliphatic heterocycles. The van der Waals surface area contributed by atoms with E-state index < -0.39 is 5.50 Å². The molecule has 0 radical (unpaired) electrons. The Hall–Kier alpha value is -2.30. The number of hydrogen-bond acceptors (Lipinski definition) is 7. The van der Waals surface area contributed by atoms with Crippen LogP contribution in [0.3, 0.4) is 0 Å². The van der Waals surface area contributed by atoms with Crippen LogP contribution in [0.25, 0.3) is 0 Å². The number of nitrogens with zero attached hydrogens (tertiary/aromatic N) is 1. The van der Waals surface area contributed by atoms with Crippen molar-refractivity contribution in [3.63, 3.8) is 0 Å². The van der Waals surface area contributed by atoms with E-state index in [4.69, 9.17) is 9.47 Å². The summed E-state index contributed by atoms with van der Waals surface area (Å²) >= 11 is 1.33. The van der Waals surface area contributed by atoms with Crippen LogP contribution in [-0.2, 0) is 25.7 Å². The van der Waals surface area contributed by atoms with E-state index in [2.05, 4.69) is 16.0 Å². The number of methoxy groups -OCH3 is 1. The summed E-state index contributed by atoms with van der Waals surface area (Å²) < 4.78 is 10.4. The third kappa shape index (κ3) is 6.89. The van der Waals surface area contributed by atoms with Crippen molar-refractivity contribution < 1.29 is 23.9 Å². The summed E-state index contributed by atoms with van der Waals surface area (Å²) in [5.74, 6) is 0.748. The van der Waals surface area contributed by atoms with E-state index in [1.54, 1.807) is 12.0 Å². The van der Waals surface area contributed by atoms with E-state index in [9.17, 15) is 14.4 Å². The summed E-state index contributed by atoms with van der Waals surface area (Å²) in [5, 5.41) is 8.94. The van der Waals surface area contributed by atoms with Gasteiger partial charge in [0.25, 0.3) is 0 Å². The first-order valence-electron chi connectivity index (χ1n) is 9.95. The zero-order valence-corrected chi connectivity index (χ0v) is 17.8. The fourth-order valence-electron chi connectivity index (χ4n) is 3.30. The number of carbonyl (C=O) groups is 3. The van der Waals surface area contributed by atoms with Crippen molar-refractivity contribution in [2.24, 2.45) is 0 Å². The van der Waals surface area contributed by atoms with Crippen LogP contribution in [-0.4, -0.2) is 73.3 Å². The fourth-order valence-corrected chi connectivity index (χ4v) is 4.30. The Morgan fingerprint density at radius 2 is 2.13 bits per heavy atom. The van der Waals surface area contributed by atoms with E-state index in [1.165, 1.54) is 11.8 Å². The van der Waals surface area contributed by atoms with Crippen LogP contribution in [0.15, 0.2) is 24.3 Å². The predicted molar refractivity (Wildman–Crippen MR) is 113 cm³/mol. The minimum absolute atomic E-state index is 0.0255. The molecule has 30 heavy (non-hydrogen) atoms. The molecular formula is C20H28N4O5S. The van der Waals surface area contributed by atoms with E-state index in [1.807, 2.05) is 24.3 Å². The van der Waals surface area contributed by atoms with Gasteiger partial charge in [-0.1, -0.05) is 12.1 Å². The molecule has 1 aromatic rings. The number of benzene rings is 1. The first-order valence-corrected chi connectivity index (χ1v) is 11.0. The first-order chi connectivity index (χ1) is 14.5. The number of rotatable bonds is 8. The third-order valence-corrected chi connectivity index (χ3v) is 5.90. The fraction of sp³-hybridized carbons (Fsp3) is 0.550. The molecule has 2 unspecified atom stereocenters. The van der Waals surface area contributed by atoms with Gasteiger partial charge in [-0.15, -0.1) is 11.8 Å². The van der Waals surface area contributed by atoms with Gasteiger partial charge in [0.1, 0.15) is 11.2 Å². The van der Waals surface area contributed by atoms with Crippen LogP contribution < -0.4 is 20.7 Å². The lowest BCUT2D eigenvalue weighted by molar-refractivity contribution is -0.132. The van der Waals surface area contributed by atoms with Crippen molar-refractivity contribution in [1.29, 1.82) is 0 Å². The van der Waals surface area contributed by atoms with Gasteiger partial charge in [-0.2, -0.15) is 0 Å². The highest BCUT2D eigenvalue weighted by Crippen LogP contribution is 2.16. The molecule has 2 fully saturated rings. The van der Waals surface area contributed by atoms with Gasteiger partial charge in [-0.3, -0.25) is 19.7 Å². The van der Waals surface area contributed by atoms with Gasteiger partial charge in [-0.25, -0.2) is 0 Å². The summed E-state index contributed by atoms with van der Waals surface area (Å²) in [6.45, 7) is 2.70. The highest BCUT2D eigenvalue weighted by atomic mass is 32.2. The molecule has 2 saturated heterocycles. The number of thioether (sulfide) groups is 1. The number of ether oxygens (including phenoxy) is 2. The third-order valence-electron chi connectivity index (χ3n) is 4.90. The maximum absolute atomic E-state index is 12.3. The van der Waals surface area contributed by atoms with Crippen LogP contribution in [0.5, 0.6) is 5.75 Å². The molecule has 0 saturated carbocycles. The second kappa shape index (κ2) is 11.2. The molecule has 3 amide bonds. The maximum atomic E-state index is 12.3. The second-order valence-electron chi connectivity index (χ2n) is 7.15. The molecule has 9 nitrogen and oxygen atoms in total. The quantitative estimate of drug-likeness (QED) is 0.529. The Morgan fingerprint density at radius 3 is 2.90 bits per heavy atom. The normalized spacial score (nSPS) is 21.6. The molecule has 2 atom stereocenters. The lowest BCUT2D eigenvalue weighted by atomic mass is 10.1. The molecule has 2 aliphatic rings. The maximum Gasteiger partial charge on any atom is 0.232 e. The Kier molecular flexibility index (Phi) is 8.35. The van der Waals surface area contributed by atoms with Gasteiger partial charge < -0.3 is 25.0 Å². The highest BCUT2D eigenvalue weighted by Gasteiger charge is 2.28. The number of carbonyl (C=O) groups excluding carboxylic acids is 3. The highest BCUT2D eigenvalue weighted by molar-refractivity contribution is 8.00. The monoisotopic (exact) mass is 436 g/mol. The van der Waals surface area contributed by atoms with Crippen molar-refractivity contribution in [2.45, 2.75) is 30.9 Å². The zero-order valence-electron chi connectivity index (χ0n) is 17.0. The van der Waals surface area contributed by atoms with Crippen molar-refractivity contribution in [2.75, 3.05) is 39.2 Å². The Labute approximate surface area is 180 Å². The summed E-state index contributed by atoms with van der Waals surface area (Å²) in [5.41, 5.74) is 0.541. The van der Waals surface area contributed by atoms with Gasteiger partial charge in [0.05, 0.1) is 26.1 Å². The summed E-state index contributed by atoms with van der Waals surface area (Å²) in [7, 11) is 1.60. The SMILES string of the molecule is COc1cccc(CNC(=O)CC2CC(=O)NC(SCC(=O)N3CCOCC3)N2)c1. The topological polar surface area (TPSA) is 109 Å². The van der Waals surface area contributed by atoms with E-state index in [0.717, 1.165) is 11.3 Å². The van der Waals surface area contributed by atoms with Gasteiger partial charge in [0.2, 0.25) is 17.7 Å². The number of morpholine rings is 1. The van der Waals surface area contributed by atoms with E-state index in [-0.39, 0.29) is 42.4 Å². The summed E-state index contributed by atoms with van der Waals surface area (Å²) in [6.07, 6.45) is 0.410. The van der Waals surface area contributed by atoms with Crippen LogP contribution in [0.4, 0.5) is 0 Å². The number of nitrogens with one attached hydrogen (secondary N) is 3. The van der Waals surface area contributed by atoms with Crippen molar-refractivity contribution in [3.8, 4) is 5.75 Å². The Bertz CT molecular complexity index is 756. The van der Waals surface area contributed by atoms with Crippen molar-refractivity contribution >= 4 is 29.5 Å². The van der Waals surface area contributed by atoms with Crippen molar-refractivity contribution in [1.82, 2.24) is 20.9 Å². The van der Waals surface area contributed by atoms with Gasteiger partial charge in [0, 0.05) is 38.5 Å². The lowest BCUT2D eigenvalue weighted by Gasteiger charge is -2.32. The first kappa shape index (κ1) is 22.4. The van der Waals surface area contributed by atoms with Crippen LogP contribution in [0.2, 0.25) is 0 Å². The Morgan fingerprint density at radius 1 is 1.33 bits per heavy atom. The molecule has 164 valence electrons. The Balaban J connectivity index is 1.42. The average molecular weight is 437 g/mol. The average Bonchev–Trinajstić information content (AvgIpc) is 2.76. The van der Waals surface area contributed by atoms with Crippen LogP contribution in [0, 0.1) is 0 Å². The molecule has 2 heterocycles. The summed E-state index contributed by atoms with van der Waals surface area (Å²) in [6, 6.07) is 7.21. The molecule has 3 rings (SSSR count). The molecular weight excluding hydrogens is 408 g/mol. The molecule has 1 aromatic carbocycles. The van der Waals surface area contributed by atoms with Crippen molar-refractivity contribution in [3.05, 3.63) is 29.8 Å². The smallest absolute Gasteiger partial charge is 0.232 e. The predicted octanol–water partition coefficient (Wildman–Crippen LogP) is 0.0552. The van der Waals surface area contributed by atoms with Crippen LogP contribution >= 0.6 is 11.8 Å². The molecule has 10 heteroatoms. The minimum atomic E-state index is -0.396. The van der Waals surface area contributed by atoms with E-state index >= 15 is 0 Å².